The van der Waals surface area contributed by atoms with Gasteiger partial charge in [0.1, 0.15) is 0 Å². The molecule has 0 fully saturated rings. The van der Waals surface area contributed by atoms with Gasteiger partial charge in [-0.1, -0.05) is 47.5 Å². The van der Waals surface area contributed by atoms with Gasteiger partial charge in [-0.3, -0.25) is 4.98 Å². The summed E-state index contributed by atoms with van der Waals surface area (Å²) in [5.41, 5.74) is 1.51. The third-order valence-corrected chi connectivity index (χ3v) is 2.74. The van der Waals surface area contributed by atoms with Crippen LogP contribution in [0.15, 0.2) is 59.0 Å². The molecule has 0 aliphatic rings. The van der Waals surface area contributed by atoms with Crippen LogP contribution in [0.4, 0.5) is 0 Å². The summed E-state index contributed by atoms with van der Waals surface area (Å²) >= 11 is 12.0. The molecular formula is C13H9Cl2N3. The molecule has 2 rings (SSSR count). The summed E-state index contributed by atoms with van der Waals surface area (Å²) in [4.78, 5) is 3.96. The van der Waals surface area contributed by atoms with Crippen LogP contribution in [0.25, 0.3) is 0 Å². The zero-order valence-electron chi connectivity index (χ0n) is 9.29. The van der Waals surface area contributed by atoms with Gasteiger partial charge < -0.3 is 0 Å². The normalized spacial score (nSPS) is 12.0. The lowest BCUT2D eigenvalue weighted by molar-refractivity contribution is 1.25. The molecule has 18 heavy (non-hydrogen) atoms. The number of aromatic nitrogens is 1. The average molecular weight is 278 g/mol. The molecule has 90 valence electrons. The Labute approximate surface area is 115 Å². The largest absolute Gasteiger partial charge is 0.264 e. The lowest BCUT2D eigenvalue weighted by Gasteiger charge is -1.98. The Morgan fingerprint density at radius 3 is 2.72 bits per heavy atom. The minimum Gasteiger partial charge on any atom is -0.264 e. The van der Waals surface area contributed by atoms with Crippen molar-refractivity contribution in [3.63, 3.8) is 0 Å². The van der Waals surface area contributed by atoms with E-state index >= 15 is 0 Å². The molecule has 0 atom stereocenters. The first-order valence-electron chi connectivity index (χ1n) is 5.19. The van der Waals surface area contributed by atoms with Crippen molar-refractivity contribution in [1.29, 1.82) is 0 Å². The highest BCUT2D eigenvalue weighted by Gasteiger charge is 2.03. The van der Waals surface area contributed by atoms with Gasteiger partial charge in [0.15, 0.2) is 5.17 Å². The summed E-state index contributed by atoms with van der Waals surface area (Å²) in [7, 11) is 0. The SMILES string of the molecule is Cl/C(=N/N=C/c1cccnc1)c1ccccc1Cl. The Balaban J connectivity index is 2.15. The Hall–Kier alpha value is -1.71. The van der Waals surface area contributed by atoms with Crippen LogP contribution >= 0.6 is 23.2 Å². The zero-order valence-corrected chi connectivity index (χ0v) is 10.8. The Bertz CT molecular complexity index is 580. The van der Waals surface area contributed by atoms with Crippen molar-refractivity contribution in [3.8, 4) is 0 Å². The van der Waals surface area contributed by atoms with E-state index in [-0.39, 0.29) is 5.17 Å². The molecule has 0 aliphatic heterocycles. The van der Waals surface area contributed by atoms with Crippen molar-refractivity contribution in [2.45, 2.75) is 0 Å². The van der Waals surface area contributed by atoms with E-state index in [1.165, 1.54) is 0 Å². The van der Waals surface area contributed by atoms with Gasteiger partial charge in [0.2, 0.25) is 0 Å². The summed E-state index contributed by atoms with van der Waals surface area (Å²) in [6.45, 7) is 0. The molecule has 1 aromatic carbocycles. The topological polar surface area (TPSA) is 37.6 Å². The lowest BCUT2D eigenvalue weighted by atomic mass is 10.2. The van der Waals surface area contributed by atoms with E-state index in [1.54, 1.807) is 30.7 Å². The molecule has 0 saturated heterocycles. The van der Waals surface area contributed by atoms with Crippen LogP contribution in [0.3, 0.4) is 0 Å². The molecule has 0 spiro atoms. The van der Waals surface area contributed by atoms with Crippen LogP contribution in [0, 0.1) is 0 Å². The summed E-state index contributed by atoms with van der Waals surface area (Å²) in [5.74, 6) is 0. The van der Waals surface area contributed by atoms with Gasteiger partial charge in [-0.2, -0.15) is 5.10 Å². The summed E-state index contributed by atoms with van der Waals surface area (Å²) in [6, 6.07) is 10.9. The number of pyridine rings is 1. The molecule has 0 radical (unpaired) electrons. The predicted octanol–water partition coefficient (Wildman–Crippen LogP) is 3.75. The zero-order chi connectivity index (χ0) is 12.8. The van der Waals surface area contributed by atoms with Crippen molar-refractivity contribution in [3.05, 3.63) is 64.9 Å². The van der Waals surface area contributed by atoms with Gasteiger partial charge in [-0.15, -0.1) is 5.10 Å². The van der Waals surface area contributed by atoms with Gasteiger partial charge in [0.25, 0.3) is 0 Å². The Kier molecular flexibility index (Phi) is 4.45. The second kappa shape index (κ2) is 6.28. The van der Waals surface area contributed by atoms with E-state index in [0.29, 0.717) is 10.6 Å². The lowest BCUT2D eigenvalue weighted by Crippen LogP contribution is -1.91. The number of rotatable bonds is 3. The van der Waals surface area contributed by atoms with Gasteiger partial charge in [0.05, 0.1) is 11.2 Å². The van der Waals surface area contributed by atoms with Crippen molar-refractivity contribution in [2.75, 3.05) is 0 Å². The predicted molar refractivity (Wildman–Crippen MR) is 75.7 cm³/mol. The molecule has 2 aromatic rings. The van der Waals surface area contributed by atoms with Crippen LogP contribution in [0.2, 0.25) is 5.02 Å². The smallest absolute Gasteiger partial charge is 0.160 e. The van der Waals surface area contributed by atoms with Crippen molar-refractivity contribution < 1.29 is 0 Å². The van der Waals surface area contributed by atoms with Gasteiger partial charge in [-0.05, 0) is 12.1 Å². The first-order valence-corrected chi connectivity index (χ1v) is 5.94. The van der Waals surface area contributed by atoms with Crippen molar-refractivity contribution in [1.82, 2.24) is 4.98 Å². The monoisotopic (exact) mass is 277 g/mol. The van der Waals surface area contributed by atoms with E-state index in [2.05, 4.69) is 15.2 Å². The molecule has 0 saturated carbocycles. The molecule has 5 heteroatoms. The van der Waals surface area contributed by atoms with Crippen LogP contribution in [-0.4, -0.2) is 16.4 Å². The number of hydrogen-bond donors (Lipinski definition) is 0. The van der Waals surface area contributed by atoms with E-state index in [1.807, 2.05) is 24.3 Å². The molecule has 0 bridgehead atoms. The molecule has 0 N–H and O–H groups in total. The first-order chi connectivity index (χ1) is 8.77. The number of halogens is 2. The van der Waals surface area contributed by atoms with E-state index in [4.69, 9.17) is 23.2 Å². The highest BCUT2D eigenvalue weighted by molar-refractivity contribution is 6.70. The molecule has 3 nitrogen and oxygen atoms in total. The van der Waals surface area contributed by atoms with Crippen molar-refractivity contribution >= 4 is 34.6 Å². The van der Waals surface area contributed by atoms with Gasteiger partial charge in [-0.25, -0.2) is 0 Å². The fourth-order valence-electron chi connectivity index (χ4n) is 1.28. The highest BCUT2D eigenvalue weighted by atomic mass is 35.5. The van der Waals surface area contributed by atoms with Crippen LogP contribution < -0.4 is 0 Å². The van der Waals surface area contributed by atoms with Crippen LogP contribution in [0.1, 0.15) is 11.1 Å². The van der Waals surface area contributed by atoms with E-state index < -0.39 is 0 Å². The minimum atomic E-state index is 0.251. The molecular weight excluding hydrogens is 269 g/mol. The van der Waals surface area contributed by atoms with Crippen molar-refractivity contribution in [2.24, 2.45) is 10.2 Å². The maximum atomic E-state index is 6.01. The number of benzene rings is 1. The Morgan fingerprint density at radius 1 is 1.17 bits per heavy atom. The summed E-state index contributed by atoms with van der Waals surface area (Å²) in [5, 5.41) is 8.58. The maximum absolute atomic E-state index is 6.01. The van der Waals surface area contributed by atoms with Crippen LogP contribution in [0.5, 0.6) is 0 Å². The van der Waals surface area contributed by atoms with Crippen LogP contribution in [-0.2, 0) is 0 Å². The molecule has 1 heterocycles. The molecule has 0 amide bonds. The third-order valence-electron chi connectivity index (χ3n) is 2.13. The fourth-order valence-corrected chi connectivity index (χ4v) is 1.76. The third kappa shape index (κ3) is 3.39. The van der Waals surface area contributed by atoms with Gasteiger partial charge in [0, 0.05) is 23.5 Å². The number of hydrogen-bond acceptors (Lipinski definition) is 3. The summed E-state index contributed by atoms with van der Waals surface area (Å²) in [6.07, 6.45) is 4.95. The van der Waals surface area contributed by atoms with E-state index in [0.717, 1.165) is 5.56 Å². The highest BCUT2D eigenvalue weighted by Crippen LogP contribution is 2.17. The quantitative estimate of drug-likeness (QED) is 0.622. The first kappa shape index (κ1) is 12.7. The molecule has 0 aliphatic carbocycles. The second-order valence-corrected chi connectivity index (χ2v) is 4.17. The fraction of sp³-hybridized carbons (Fsp3) is 0. The standard InChI is InChI=1S/C13H9Cl2N3/c14-12-6-2-1-5-11(12)13(15)18-17-9-10-4-3-7-16-8-10/h1-9H/b17-9+,18-13+. The summed E-state index contributed by atoms with van der Waals surface area (Å²) < 4.78 is 0. The Morgan fingerprint density at radius 2 is 2.00 bits per heavy atom. The minimum absolute atomic E-state index is 0.251. The average Bonchev–Trinajstić information content (AvgIpc) is 2.40. The van der Waals surface area contributed by atoms with E-state index in [9.17, 15) is 0 Å². The van der Waals surface area contributed by atoms with Gasteiger partial charge >= 0.3 is 0 Å². The second-order valence-electron chi connectivity index (χ2n) is 3.40. The molecule has 1 aromatic heterocycles. The number of nitrogens with zero attached hydrogens (tertiary/aromatic N) is 3. The maximum Gasteiger partial charge on any atom is 0.160 e. The molecule has 0 unspecified atom stereocenters.